The van der Waals surface area contributed by atoms with Gasteiger partial charge in [-0.15, -0.1) is 0 Å². The van der Waals surface area contributed by atoms with E-state index >= 15 is 0 Å². The first-order valence-corrected chi connectivity index (χ1v) is 15.0. The van der Waals surface area contributed by atoms with Crippen molar-refractivity contribution in [1.82, 2.24) is 9.80 Å². The van der Waals surface area contributed by atoms with E-state index in [1.807, 2.05) is 17.0 Å². The van der Waals surface area contributed by atoms with Crippen LogP contribution in [0.15, 0.2) is 24.3 Å². The maximum absolute atomic E-state index is 13.5. The molecule has 0 radical (unpaired) electrons. The molecule has 5 rings (SSSR count). The van der Waals surface area contributed by atoms with Gasteiger partial charge in [0.15, 0.2) is 23.0 Å². The molecule has 1 fully saturated rings. The predicted octanol–water partition coefficient (Wildman–Crippen LogP) is 3.71. The third-order valence-electron chi connectivity index (χ3n) is 9.69. The summed E-state index contributed by atoms with van der Waals surface area (Å²) in [6, 6.07) is 8.40. The second kappa shape index (κ2) is 12.8. The van der Waals surface area contributed by atoms with E-state index in [2.05, 4.69) is 24.0 Å². The molecule has 0 N–H and O–H groups in total. The minimum absolute atomic E-state index is 0.0608. The van der Waals surface area contributed by atoms with Crippen LogP contribution in [0.1, 0.15) is 73.4 Å². The number of carbonyl (C=O) groups is 2. The Kier molecular flexibility index (Phi) is 9.16. The van der Waals surface area contributed by atoms with Crippen molar-refractivity contribution in [2.45, 2.75) is 64.0 Å². The first-order chi connectivity index (χ1) is 20.3. The van der Waals surface area contributed by atoms with Crippen molar-refractivity contribution in [2.75, 3.05) is 48.1 Å². The number of hydrogen-bond donors (Lipinski definition) is 0. The average Bonchev–Trinajstić information content (AvgIpc) is 3.01. The summed E-state index contributed by atoms with van der Waals surface area (Å²) in [5.74, 6) is 2.31. The molecule has 0 spiro atoms. The number of benzene rings is 2. The van der Waals surface area contributed by atoms with Crippen LogP contribution in [0.2, 0.25) is 0 Å². The number of carboxylic acids is 1. The van der Waals surface area contributed by atoms with Gasteiger partial charge < -0.3 is 33.7 Å². The highest BCUT2D eigenvalue weighted by molar-refractivity contribution is 5.81. The van der Waals surface area contributed by atoms with Gasteiger partial charge in [-0.1, -0.05) is 13.3 Å². The summed E-state index contributed by atoms with van der Waals surface area (Å²) >= 11 is 0. The maximum atomic E-state index is 13.5. The van der Waals surface area contributed by atoms with E-state index in [0.717, 1.165) is 61.4 Å². The van der Waals surface area contributed by atoms with Crippen LogP contribution >= 0.6 is 0 Å². The Labute approximate surface area is 248 Å². The van der Waals surface area contributed by atoms with Crippen molar-refractivity contribution in [3.63, 3.8) is 0 Å². The molecule has 0 bridgehead atoms. The fourth-order valence-corrected chi connectivity index (χ4v) is 7.48. The van der Waals surface area contributed by atoms with Crippen LogP contribution in [-0.2, 0) is 22.4 Å². The van der Waals surface area contributed by atoms with Crippen molar-refractivity contribution >= 4 is 11.9 Å². The molecule has 0 saturated carbocycles. The molecular weight excluding hydrogens is 536 g/mol. The van der Waals surface area contributed by atoms with Crippen molar-refractivity contribution in [2.24, 2.45) is 11.8 Å². The number of piperidine rings is 1. The fourth-order valence-electron chi connectivity index (χ4n) is 7.48. The van der Waals surface area contributed by atoms with E-state index in [1.165, 1.54) is 11.1 Å². The summed E-state index contributed by atoms with van der Waals surface area (Å²) in [5.41, 5.74) is 4.82. The number of hydrogen-bond acceptors (Lipinski definition) is 8. The Hall–Kier alpha value is -3.46. The van der Waals surface area contributed by atoms with Crippen molar-refractivity contribution in [3.8, 4) is 23.0 Å². The van der Waals surface area contributed by atoms with Gasteiger partial charge in [-0.05, 0) is 90.5 Å². The molecule has 42 heavy (non-hydrogen) atoms. The minimum Gasteiger partial charge on any atom is -0.550 e. The van der Waals surface area contributed by atoms with Gasteiger partial charge in [0.2, 0.25) is 5.91 Å². The van der Waals surface area contributed by atoms with Gasteiger partial charge in [-0.2, -0.15) is 0 Å². The summed E-state index contributed by atoms with van der Waals surface area (Å²) in [7, 11) is 6.61. The van der Waals surface area contributed by atoms with E-state index < -0.39 is 5.97 Å². The van der Waals surface area contributed by atoms with Gasteiger partial charge in [0.25, 0.3) is 0 Å². The molecular formula is C33H43N2O7-. The molecule has 2 aromatic rings. The lowest BCUT2D eigenvalue weighted by atomic mass is 9.72. The van der Waals surface area contributed by atoms with Crippen LogP contribution in [0.4, 0.5) is 0 Å². The molecule has 1 amide bonds. The number of methoxy groups -OCH3 is 4. The lowest BCUT2D eigenvalue weighted by Gasteiger charge is -2.49. The summed E-state index contributed by atoms with van der Waals surface area (Å²) in [6.07, 6.45) is 4.14. The number of fused-ring (bicyclic) bond motifs is 4. The third-order valence-corrected chi connectivity index (χ3v) is 9.69. The van der Waals surface area contributed by atoms with Crippen molar-refractivity contribution in [1.29, 1.82) is 0 Å². The fraction of sp³-hybridized carbons (Fsp3) is 0.576. The molecule has 3 heterocycles. The highest BCUT2D eigenvalue weighted by Crippen LogP contribution is 2.49. The van der Waals surface area contributed by atoms with E-state index in [4.69, 9.17) is 18.9 Å². The molecule has 4 unspecified atom stereocenters. The van der Waals surface area contributed by atoms with Crippen molar-refractivity contribution in [3.05, 3.63) is 46.5 Å². The Morgan fingerprint density at radius 1 is 0.810 bits per heavy atom. The first kappa shape index (κ1) is 30.0. The largest absolute Gasteiger partial charge is 0.550 e. The first-order valence-electron chi connectivity index (χ1n) is 15.0. The second-order valence-corrected chi connectivity index (χ2v) is 11.7. The molecule has 3 aliphatic rings. The third kappa shape index (κ3) is 5.76. The molecule has 228 valence electrons. The topological polar surface area (TPSA) is 101 Å². The number of carboxylic acid groups (broad SMARTS) is 1. The van der Waals surface area contributed by atoms with Crippen LogP contribution < -0.4 is 24.1 Å². The molecule has 9 nitrogen and oxygen atoms in total. The van der Waals surface area contributed by atoms with Gasteiger partial charge in [0.1, 0.15) is 0 Å². The minimum atomic E-state index is -1.20. The van der Waals surface area contributed by atoms with Gasteiger partial charge >= 0.3 is 0 Å². The van der Waals surface area contributed by atoms with E-state index in [0.29, 0.717) is 36.3 Å². The molecule has 9 heteroatoms. The van der Waals surface area contributed by atoms with Gasteiger partial charge in [0, 0.05) is 38.1 Å². The van der Waals surface area contributed by atoms with Crippen LogP contribution in [0, 0.1) is 11.8 Å². The smallest absolute Gasteiger partial charge is 0.223 e. The summed E-state index contributed by atoms with van der Waals surface area (Å²) in [5, 5.41) is 11.2. The molecule has 1 saturated heterocycles. The highest BCUT2D eigenvalue weighted by atomic mass is 16.5. The molecule has 0 aliphatic carbocycles. The lowest BCUT2D eigenvalue weighted by molar-refractivity contribution is -0.305. The standard InChI is InChI=1S/C33H44N2O7/c1-6-20-19-34-11-9-21-15-28(39-2)30(41-4)17-24(21)26(34)13-23(20)14-27-25-18-31(42-5)29(40-3)16-22(25)10-12-35(27)32(36)7-8-33(37)38/h15-18,20,23,26-27H,6-14,19H2,1-5H3,(H,37,38)/p-1. The SMILES string of the molecule is CCC1CN2CCc3cc(OC)c(OC)cc3C2CC1CC1c2cc(OC)c(OC)cc2CCN1C(=O)CCC(=O)[O-]. The highest BCUT2D eigenvalue weighted by Gasteiger charge is 2.42. The Bertz CT molecular complexity index is 1310. The summed E-state index contributed by atoms with van der Waals surface area (Å²) < 4.78 is 22.5. The zero-order chi connectivity index (χ0) is 30.0. The number of carbonyl (C=O) groups excluding carboxylic acids is 2. The molecule has 4 atom stereocenters. The zero-order valence-corrected chi connectivity index (χ0v) is 25.4. The maximum Gasteiger partial charge on any atom is 0.223 e. The number of ether oxygens (including phenoxy) is 4. The molecule has 3 aliphatic heterocycles. The van der Waals surface area contributed by atoms with E-state index in [-0.39, 0.29) is 30.8 Å². The Balaban J connectivity index is 1.50. The van der Waals surface area contributed by atoms with Crippen molar-refractivity contribution < 1.29 is 33.6 Å². The number of rotatable bonds is 10. The predicted molar refractivity (Wildman–Crippen MR) is 156 cm³/mol. The van der Waals surface area contributed by atoms with Gasteiger partial charge in [0.05, 0.1) is 34.5 Å². The molecule has 2 aromatic carbocycles. The van der Waals surface area contributed by atoms with E-state index in [9.17, 15) is 14.7 Å². The quantitative estimate of drug-likeness (QED) is 0.420. The second-order valence-electron chi connectivity index (χ2n) is 11.7. The normalized spacial score (nSPS) is 23.3. The summed E-state index contributed by atoms with van der Waals surface area (Å²) in [4.78, 5) is 29.2. The lowest BCUT2D eigenvalue weighted by Crippen LogP contribution is -2.47. The van der Waals surface area contributed by atoms with Crippen LogP contribution in [0.3, 0.4) is 0 Å². The summed E-state index contributed by atoms with van der Waals surface area (Å²) in [6.45, 7) is 4.81. The van der Waals surface area contributed by atoms with Gasteiger partial charge in [-0.25, -0.2) is 0 Å². The number of amides is 1. The Morgan fingerprint density at radius 3 is 1.98 bits per heavy atom. The number of aliphatic carboxylic acids is 1. The van der Waals surface area contributed by atoms with Crippen LogP contribution in [0.25, 0.3) is 0 Å². The number of nitrogens with zero attached hydrogens (tertiary/aromatic N) is 2. The van der Waals surface area contributed by atoms with Gasteiger partial charge in [-0.3, -0.25) is 9.69 Å². The zero-order valence-electron chi connectivity index (χ0n) is 25.4. The molecule has 0 aromatic heterocycles. The van der Waals surface area contributed by atoms with E-state index in [1.54, 1.807) is 28.4 Å². The van der Waals surface area contributed by atoms with Crippen LogP contribution in [-0.4, -0.2) is 69.7 Å². The Morgan fingerprint density at radius 2 is 1.38 bits per heavy atom. The average molecular weight is 580 g/mol. The van der Waals surface area contributed by atoms with Crippen LogP contribution in [0.5, 0.6) is 23.0 Å². The monoisotopic (exact) mass is 579 g/mol.